The van der Waals surface area contributed by atoms with Crippen molar-refractivity contribution in [3.63, 3.8) is 0 Å². The summed E-state index contributed by atoms with van der Waals surface area (Å²) in [6.07, 6.45) is -6.96. The molecular formula is C14H16ClF5N4O2. The standard InChI is InChI=1S/C14H16ClF5N4O2/c1-7-9(8(2)22-13(21-7)25-3)23-5-4-6-24(15)11(23)10(14(18,19)20)26-12(16)17/h4-5,10-12H,6H2,1-3H3. The van der Waals surface area contributed by atoms with Crippen molar-refractivity contribution in [2.45, 2.75) is 38.9 Å². The van der Waals surface area contributed by atoms with E-state index in [2.05, 4.69) is 14.7 Å². The predicted octanol–water partition coefficient (Wildman–Crippen LogP) is 3.39. The minimum atomic E-state index is -5.09. The number of alkyl halides is 5. The summed E-state index contributed by atoms with van der Waals surface area (Å²) in [5.74, 6) is 0. The number of anilines is 1. The van der Waals surface area contributed by atoms with Crippen LogP contribution in [0.25, 0.3) is 0 Å². The molecule has 2 atom stereocenters. The molecule has 1 aromatic rings. The molecule has 1 aromatic heterocycles. The van der Waals surface area contributed by atoms with Crippen LogP contribution in [-0.4, -0.2) is 53.1 Å². The number of nitrogens with zero attached hydrogens (tertiary/aromatic N) is 4. The zero-order valence-electron chi connectivity index (χ0n) is 14.0. The van der Waals surface area contributed by atoms with E-state index < -0.39 is 25.1 Å². The largest absolute Gasteiger partial charge is 0.467 e. The first kappa shape index (κ1) is 20.6. The van der Waals surface area contributed by atoms with Crippen molar-refractivity contribution in [2.24, 2.45) is 0 Å². The molecule has 6 nitrogen and oxygen atoms in total. The summed E-state index contributed by atoms with van der Waals surface area (Å²) in [5, 5.41) is 0. The highest BCUT2D eigenvalue weighted by atomic mass is 35.5. The molecule has 0 fully saturated rings. The van der Waals surface area contributed by atoms with Gasteiger partial charge in [-0.1, -0.05) is 6.08 Å². The minimum absolute atomic E-state index is 0.0280. The first-order valence-electron chi connectivity index (χ1n) is 7.33. The van der Waals surface area contributed by atoms with Crippen LogP contribution >= 0.6 is 11.8 Å². The zero-order valence-corrected chi connectivity index (χ0v) is 14.7. The molecule has 0 N–H and O–H groups in total. The molecular weight excluding hydrogens is 387 g/mol. The third-order valence-corrected chi connectivity index (χ3v) is 3.95. The maximum atomic E-state index is 13.4. The molecule has 0 spiro atoms. The van der Waals surface area contributed by atoms with Gasteiger partial charge in [-0.2, -0.15) is 36.3 Å². The fourth-order valence-electron chi connectivity index (χ4n) is 2.66. The number of methoxy groups -OCH3 is 1. The molecule has 0 saturated carbocycles. The van der Waals surface area contributed by atoms with Gasteiger partial charge in [-0.3, -0.25) is 0 Å². The second kappa shape index (κ2) is 7.89. The lowest BCUT2D eigenvalue weighted by atomic mass is 10.1. The summed E-state index contributed by atoms with van der Waals surface area (Å²) in [6.45, 7) is -0.673. The molecule has 0 bridgehead atoms. The van der Waals surface area contributed by atoms with Crippen molar-refractivity contribution in [3.05, 3.63) is 23.7 Å². The molecule has 0 aromatic carbocycles. The molecule has 2 rings (SSSR count). The van der Waals surface area contributed by atoms with Gasteiger partial charge in [0.15, 0.2) is 6.10 Å². The summed E-state index contributed by atoms with van der Waals surface area (Å²) in [6, 6.07) is 0.0280. The molecule has 0 aliphatic carbocycles. The zero-order chi connectivity index (χ0) is 19.6. The third-order valence-electron chi connectivity index (χ3n) is 3.61. The van der Waals surface area contributed by atoms with Gasteiger partial charge in [-0.15, -0.1) is 0 Å². The van der Waals surface area contributed by atoms with Crippen molar-refractivity contribution in [1.82, 2.24) is 14.4 Å². The van der Waals surface area contributed by atoms with E-state index in [0.717, 1.165) is 9.32 Å². The van der Waals surface area contributed by atoms with E-state index in [1.807, 2.05) is 0 Å². The highest BCUT2D eigenvalue weighted by molar-refractivity contribution is 6.14. The molecule has 146 valence electrons. The van der Waals surface area contributed by atoms with Crippen molar-refractivity contribution in [2.75, 3.05) is 18.6 Å². The first-order chi connectivity index (χ1) is 12.1. The van der Waals surface area contributed by atoms with E-state index >= 15 is 0 Å². The average Bonchev–Trinajstić information content (AvgIpc) is 2.51. The lowest BCUT2D eigenvalue weighted by molar-refractivity contribution is -0.284. The topological polar surface area (TPSA) is 50.7 Å². The molecule has 0 amide bonds. The SMILES string of the molecule is COc1nc(C)c(N2C=CCN(Cl)C2C(OC(F)F)C(F)(F)F)c(C)n1. The first-order valence-corrected chi connectivity index (χ1v) is 7.67. The van der Waals surface area contributed by atoms with Crippen molar-refractivity contribution in [1.29, 1.82) is 0 Å². The Bertz CT molecular complexity index is 650. The van der Waals surface area contributed by atoms with Crippen molar-refractivity contribution < 1.29 is 31.4 Å². The summed E-state index contributed by atoms with van der Waals surface area (Å²) >= 11 is 5.92. The Labute approximate surface area is 151 Å². The van der Waals surface area contributed by atoms with Crippen molar-refractivity contribution in [3.8, 4) is 6.01 Å². The van der Waals surface area contributed by atoms with E-state index in [1.54, 1.807) is 0 Å². The molecule has 1 aliphatic heterocycles. The van der Waals surface area contributed by atoms with E-state index in [1.165, 1.54) is 33.2 Å². The Morgan fingerprint density at radius 1 is 1.23 bits per heavy atom. The van der Waals surface area contributed by atoms with Gasteiger partial charge in [0.05, 0.1) is 24.2 Å². The minimum Gasteiger partial charge on any atom is -0.467 e. The molecule has 2 heterocycles. The van der Waals surface area contributed by atoms with Gasteiger partial charge in [0, 0.05) is 12.7 Å². The average molecular weight is 403 g/mol. The highest BCUT2D eigenvalue weighted by Crippen LogP contribution is 2.37. The van der Waals surface area contributed by atoms with Crippen LogP contribution < -0.4 is 9.64 Å². The lowest BCUT2D eigenvalue weighted by Crippen LogP contribution is -2.58. The monoisotopic (exact) mass is 402 g/mol. The van der Waals surface area contributed by atoms with Crippen LogP contribution in [0.1, 0.15) is 11.4 Å². The molecule has 0 radical (unpaired) electrons. The van der Waals surface area contributed by atoms with Gasteiger partial charge in [-0.25, -0.2) is 0 Å². The van der Waals surface area contributed by atoms with Crippen LogP contribution in [0.4, 0.5) is 27.6 Å². The summed E-state index contributed by atoms with van der Waals surface area (Å²) in [5.41, 5.74) is 0.757. The van der Waals surface area contributed by atoms with Crippen LogP contribution in [0.5, 0.6) is 6.01 Å². The second-order valence-electron chi connectivity index (χ2n) is 5.38. The number of aryl methyl sites for hydroxylation is 2. The number of rotatable bonds is 5. The van der Waals surface area contributed by atoms with Crippen LogP contribution in [0.2, 0.25) is 0 Å². The van der Waals surface area contributed by atoms with Crippen LogP contribution in [0.15, 0.2) is 12.3 Å². The number of halogens is 6. The number of aromatic nitrogens is 2. The molecule has 26 heavy (non-hydrogen) atoms. The highest BCUT2D eigenvalue weighted by Gasteiger charge is 2.52. The Hall–Kier alpha value is -1.72. The third kappa shape index (κ3) is 4.33. The van der Waals surface area contributed by atoms with Gasteiger partial charge < -0.3 is 14.4 Å². The van der Waals surface area contributed by atoms with Gasteiger partial charge in [0.25, 0.3) is 0 Å². The molecule has 2 unspecified atom stereocenters. The van der Waals surface area contributed by atoms with E-state index in [0.29, 0.717) is 0 Å². The lowest BCUT2D eigenvalue weighted by Gasteiger charge is -2.42. The normalized spacial score (nSPS) is 19.9. The van der Waals surface area contributed by atoms with Gasteiger partial charge in [-0.05, 0) is 25.6 Å². The fraction of sp³-hybridized carbons (Fsp3) is 0.571. The predicted molar refractivity (Wildman–Crippen MR) is 83.0 cm³/mol. The van der Waals surface area contributed by atoms with Crippen LogP contribution in [0.3, 0.4) is 0 Å². The number of hydrogen-bond acceptors (Lipinski definition) is 6. The molecule has 1 aliphatic rings. The Kier molecular flexibility index (Phi) is 6.25. The van der Waals surface area contributed by atoms with Crippen LogP contribution in [-0.2, 0) is 4.74 Å². The quantitative estimate of drug-likeness (QED) is 0.556. The fourth-order valence-corrected chi connectivity index (χ4v) is 2.94. The van der Waals surface area contributed by atoms with E-state index in [4.69, 9.17) is 16.5 Å². The number of hydrogen-bond donors (Lipinski definition) is 0. The molecule has 12 heteroatoms. The number of ether oxygens (including phenoxy) is 2. The Morgan fingerprint density at radius 3 is 2.27 bits per heavy atom. The van der Waals surface area contributed by atoms with Gasteiger partial charge in [0.2, 0.25) is 0 Å². The Morgan fingerprint density at radius 2 is 1.81 bits per heavy atom. The molecule has 0 saturated heterocycles. The summed E-state index contributed by atoms with van der Waals surface area (Å²) in [4.78, 5) is 9.13. The maximum absolute atomic E-state index is 13.4. The van der Waals surface area contributed by atoms with Gasteiger partial charge >= 0.3 is 18.8 Å². The van der Waals surface area contributed by atoms with Crippen molar-refractivity contribution >= 4 is 17.5 Å². The summed E-state index contributed by atoms with van der Waals surface area (Å²) in [7, 11) is 1.34. The van der Waals surface area contributed by atoms with Gasteiger partial charge in [0.1, 0.15) is 6.17 Å². The van der Waals surface area contributed by atoms with Crippen LogP contribution in [0, 0.1) is 13.8 Å². The smallest absolute Gasteiger partial charge is 0.418 e. The Balaban J connectivity index is 2.55. The maximum Gasteiger partial charge on any atom is 0.418 e. The second-order valence-corrected chi connectivity index (χ2v) is 5.81. The van der Waals surface area contributed by atoms with E-state index in [-0.39, 0.29) is 29.6 Å². The van der Waals surface area contributed by atoms with E-state index in [9.17, 15) is 22.0 Å². The summed E-state index contributed by atoms with van der Waals surface area (Å²) < 4.78 is 75.0.